The van der Waals surface area contributed by atoms with E-state index >= 15 is 0 Å². The number of carbonyl (C=O) groups excluding carboxylic acids is 4. The molecule has 0 saturated heterocycles. The lowest BCUT2D eigenvalue weighted by molar-refractivity contribution is -0.147. The molecule has 0 fully saturated rings. The van der Waals surface area contributed by atoms with Gasteiger partial charge in [-0.2, -0.15) is 11.3 Å². The highest BCUT2D eigenvalue weighted by atomic mass is 32.1. The van der Waals surface area contributed by atoms with Crippen LogP contribution in [0.15, 0.2) is 22.9 Å². The number of esters is 2. The van der Waals surface area contributed by atoms with Crippen molar-refractivity contribution in [2.24, 2.45) is 0 Å². The largest absolute Gasteiger partial charge is 0.462 e. The zero-order chi connectivity index (χ0) is 21.2. The average molecular weight is 439 g/mol. The standard InChI is InChI=1S/C19H22N2O6S2/c1-3-13-9-14(19(25)26-4-2)18(29-13)21-15(22)10-27-16(23)5-7-20-17(24)12-6-8-28-11-12/h6,8-9,11H,3-5,7,10H2,1-2H3,(H,20,24)(H,21,22). The molecule has 0 saturated carbocycles. The van der Waals surface area contributed by atoms with E-state index in [9.17, 15) is 19.2 Å². The van der Waals surface area contributed by atoms with Crippen molar-refractivity contribution in [3.63, 3.8) is 0 Å². The van der Waals surface area contributed by atoms with Gasteiger partial charge in [0.05, 0.1) is 18.6 Å². The molecule has 0 aliphatic rings. The zero-order valence-corrected chi connectivity index (χ0v) is 17.7. The Morgan fingerprint density at radius 1 is 1.14 bits per heavy atom. The first-order chi connectivity index (χ1) is 13.9. The lowest BCUT2D eigenvalue weighted by Gasteiger charge is -2.07. The van der Waals surface area contributed by atoms with Crippen molar-refractivity contribution in [1.82, 2.24) is 5.32 Å². The number of nitrogens with one attached hydrogen (secondary N) is 2. The second-order valence-corrected chi connectivity index (χ2v) is 7.67. The number of rotatable bonds is 10. The van der Waals surface area contributed by atoms with Crippen LogP contribution in [0.25, 0.3) is 0 Å². The molecule has 0 radical (unpaired) electrons. The minimum Gasteiger partial charge on any atom is -0.462 e. The van der Waals surface area contributed by atoms with Crippen LogP contribution in [-0.2, 0) is 25.5 Å². The first-order valence-corrected chi connectivity index (χ1v) is 10.8. The van der Waals surface area contributed by atoms with Gasteiger partial charge in [-0.05, 0) is 30.9 Å². The summed E-state index contributed by atoms with van der Waals surface area (Å²) < 4.78 is 9.91. The minimum absolute atomic E-state index is 0.0593. The Bertz CT molecular complexity index is 860. The highest BCUT2D eigenvalue weighted by Gasteiger charge is 2.19. The van der Waals surface area contributed by atoms with Crippen LogP contribution in [0, 0.1) is 0 Å². The number of hydrogen-bond donors (Lipinski definition) is 2. The van der Waals surface area contributed by atoms with Gasteiger partial charge in [0.1, 0.15) is 5.00 Å². The fourth-order valence-corrected chi connectivity index (χ4v) is 3.86. The number of hydrogen-bond acceptors (Lipinski definition) is 8. The fraction of sp³-hybridized carbons (Fsp3) is 0.368. The molecule has 0 spiro atoms. The van der Waals surface area contributed by atoms with Crippen LogP contribution in [0.2, 0.25) is 0 Å². The van der Waals surface area contributed by atoms with Crippen molar-refractivity contribution in [1.29, 1.82) is 0 Å². The van der Waals surface area contributed by atoms with E-state index in [2.05, 4.69) is 10.6 Å². The predicted octanol–water partition coefficient (Wildman–Crippen LogP) is 2.85. The average Bonchev–Trinajstić information content (AvgIpc) is 3.36. The van der Waals surface area contributed by atoms with E-state index in [4.69, 9.17) is 9.47 Å². The van der Waals surface area contributed by atoms with Gasteiger partial charge < -0.3 is 20.1 Å². The summed E-state index contributed by atoms with van der Waals surface area (Å²) >= 11 is 2.67. The van der Waals surface area contributed by atoms with Crippen LogP contribution < -0.4 is 10.6 Å². The molecule has 2 N–H and O–H groups in total. The fourth-order valence-electron chi connectivity index (χ4n) is 2.22. The van der Waals surface area contributed by atoms with E-state index in [-0.39, 0.29) is 31.0 Å². The summed E-state index contributed by atoms with van der Waals surface area (Å²) in [7, 11) is 0. The molecule has 2 heterocycles. The van der Waals surface area contributed by atoms with Gasteiger partial charge in [-0.1, -0.05) is 6.92 Å². The Morgan fingerprint density at radius 3 is 2.59 bits per heavy atom. The van der Waals surface area contributed by atoms with Crippen molar-refractivity contribution in [3.05, 3.63) is 38.9 Å². The molecule has 2 rings (SSSR count). The molecule has 2 aromatic rings. The summed E-state index contributed by atoms with van der Waals surface area (Å²) in [5.74, 6) is -1.96. The number of thiophene rings is 2. The van der Waals surface area contributed by atoms with E-state index in [0.717, 1.165) is 4.88 Å². The third-order valence-corrected chi connectivity index (χ3v) is 5.52. The number of amides is 2. The molecule has 8 nitrogen and oxygen atoms in total. The molecule has 0 bridgehead atoms. The van der Waals surface area contributed by atoms with E-state index < -0.39 is 24.5 Å². The van der Waals surface area contributed by atoms with Crippen molar-refractivity contribution < 1.29 is 28.7 Å². The lowest BCUT2D eigenvalue weighted by atomic mass is 10.2. The topological polar surface area (TPSA) is 111 Å². The van der Waals surface area contributed by atoms with Crippen LogP contribution in [0.1, 0.15) is 45.9 Å². The molecule has 10 heteroatoms. The molecule has 2 aromatic heterocycles. The van der Waals surface area contributed by atoms with Gasteiger partial charge in [0.25, 0.3) is 11.8 Å². The maximum absolute atomic E-state index is 12.1. The molecule has 0 atom stereocenters. The minimum atomic E-state index is -0.614. The Labute approximate surface area is 176 Å². The van der Waals surface area contributed by atoms with Crippen molar-refractivity contribution in [2.75, 3.05) is 25.1 Å². The van der Waals surface area contributed by atoms with E-state index in [1.54, 1.807) is 29.8 Å². The molecule has 29 heavy (non-hydrogen) atoms. The molecular formula is C19H22N2O6S2. The van der Waals surface area contributed by atoms with Gasteiger partial charge in [-0.15, -0.1) is 11.3 Å². The maximum atomic E-state index is 12.1. The number of ether oxygens (including phenoxy) is 2. The van der Waals surface area contributed by atoms with Gasteiger partial charge in [0.15, 0.2) is 6.61 Å². The van der Waals surface area contributed by atoms with Crippen LogP contribution >= 0.6 is 22.7 Å². The van der Waals surface area contributed by atoms with Gasteiger partial charge in [-0.25, -0.2) is 4.79 Å². The van der Waals surface area contributed by atoms with E-state index in [1.807, 2.05) is 6.92 Å². The number of carbonyl (C=O) groups is 4. The van der Waals surface area contributed by atoms with Gasteiger partial charge in [0, 0.05) is 22.4 Å². The molecule has 0 aliphatic carbocycles. The molecule has 0 aliphatic heterocycles. The molecule has 2 amide bonds. The van der Waals surface area contributed by atoms with Gasteiger partial charge in [0.2, 0.25) is 0 Å². The Hall–Kier alpha value is -2.72. The second kappa shape index (κ2) is 11.3. The molecular weight excluding hydrogens is 416 g/mol. The molecule has 156 valence electrons. The summed E-state index contributed by atoms with van der Waals surface area (Å²) in [5, 5.41) is 9.04. The normalized spacial score (nSPS) is 10.3. The number of aryl methyl sites for hydroxylation is 1. The summed E-state index contributed by atoms with van der Waals surface area (Å²) in [6, 6.07) is 3.36. The molecule has 0 aromatic carbocycles. The van der Waals surface area contributed by atoms with Crippen molar-refractivity contribution in [2.45, 2.75) is 26.7 Å². The summed E-state index contributed by atoms with van der Waals surface area (Å²) in [6.45, 7) is 3.48. The molecule has 0 unspecified atom stereocenters. The summed E-state index contributed by atoms with van der Waals surface area (Å²) in [4.78, 5) is 48.5. The third-order valence-electron chi connectivity index (χ3n) is 3.64. The first kappa shape index (κ1) is 22.6. The van der Waals surface area contributed by atoms with E-state index in [0.29, 0.717) is 17.0 Å². The van der Waals surface area contributed by atoms with Crippen molar-refractivity contribution >= 4 is 51.4 Å². The quantitative estimate of drug-likeness (QED) is 0.552. The smallest absolute Gasteiger partial charge is 0.341 e. The number of anilines is 1. The summed E-state index contributed by atoms with van der Waals surface area (Å²) in [6.07, 6.45) is 0.648. The van der Waals surface area contributed by atoms with Crippen LogP contribution in [0.5, 0.6) is 0 Å². The first-order valence-electron chi connectivity index (χ1n) is 9.00. The highest BCUT2D eigenvalue weighted by molar-refractivity contribution is 7.16. The van der Waals surface area contributed by atoms with Gasteiger partial charge >= 0.3 is 11.9 Å². The SMILES string of the molecule is CCOC(=O)c1cc(CC)sc1NC(=O)COC(=O)CCNC(=O)c1ccsc1. The maximum Gasteiger partial charge on any atom is 0.341 e. The second-order valence-electron chi connectivity index (χ2n) is 5.76. The Kier molecular flexibility index (Phi) is 8.81. The third kappa shape index (κ3) is 6.99. The zero-order valence-electron chi connectivity index (χ0n) is 16.1. The summed E-state index contributed by atoms with van der Waals surface area (Å²) in [5.41, 5.74) is 0.812. The lowest BCUT2D eigenvalue weighted by Crippen LogP contribution is -2.27. The van der Waals surface area contributed by atoms with Crippen LogP contribution in [-0.4, -0.2) is 43.5 Å². The van der Waals surface area contributed by atoms with E-state index in [1.165, 1.54) is 22.7 Å². The predicted molar refractivity (Wildman–Crippen MR) is 111 cm³/mol. The van der Waals surface area contributed by atoms with Crippen LogP contribution in [0.3, 0.4) is 0 Å². The van der Waals surface area contributed by atoms with Crippen LogP contribution in [0.4, 0.5) is 5.00 Å². The monoisotopic (exact) mass is 438 g/mol. The van der Waals surface area contributed by atoms with Gasteiger partial charge in [-0.3, -0.25) is 14.4 Å². The highest BCUT2D eigenvalue weighted by Crippen LogP contribution is 2.29. The van der Waals surface area contributed by atoms with Crippen molar-refractivity contribution in [3.8, 4) is 0 Å². The Morgan fingerprint density at radius 2 is 1.93 bits per heavy atom. The Balaban J connectivity index is 1.77.